The molecule has 16 heavy (non-hydrogen) atoms. The summed E-state index contributed by atoms with van der Waals surface area (Å²) >= 11 is 0. The first-order chi connectivity index (χ1) is 7.41. The fourth-order valence-corrected chi connectivity index (χ4v) is 1.63. The van der Waals surface area contributed by atoms with Crippen LogP contribution in [-0.4, -0.2) is 28.9 Å². The molecule has 1 heterocycles. The largest absolute Gasteiger partial charge is 0.489 e. The van der Waals surface area contributed by atoms with Crippen LogP contribution in [0.15, 0.2) is 18.2 Å². The monoisotopic (exact) mass is 222 g/mol. The van der Waals surface area contributed by atoms with Crippen molar-refractivity contribution >= 4 is 18.6 Å². The van der Waals surface area contributed by atoms with E-state index in [1.54, 1.807) is 26.0 Å². The van der Waals surface area contributed by atoms with Gasteiger partial charge in [-0.15, -0.1) is 0 Å². The van der Waals surface area contributed by atoms with Gasteiger partial charge in [-0.1, -0.05) is 12.1 Å². The van der Waals surface area contributed by atoms with Crippen LogP contribution in [0.1, 0.15) is 24.2 Å². The molecule has 0 spiro atoms. The van der Waals surface area contributed by atoms with Crippen molar-refractivity contribution < 1.29 is 24.3 Å². The first-order valence-electron chi connectivity index (χ1n) is 4.82. The second kappa shape index (κ2) is 3.50. The molecule has 1 aromatic rings. The zero-order valence-electron chi connectivity index (χ0n) is 8.93. The number of rotatable bonds is 1. The maximum Gasteiger partial charge on any atom is 0.489 e. The van der Waals surface area contributed by atoms with E-state index >= 15 is 0 Å². The number of carbonyl (C=O) groups excluding carboxylic acids is 1. The third-order valence-corrected chi connectivity index (χ3v) is 2.23. The average molecular weight is 222 g/mol. The Morgan fingerprint density at radius 1 is 1.25 bits per heavy atom. The van der Waals surface area contributed by atoms with Gasteiger partial charge in [-0.2, -0.15) is 0 Å². The van der Waals surface area contributed by atoms with Crippen LogP contribution in [0.3, 0.4) is 0 Å². The van der Waals surface area contributed by atoms with Crippen LogP contribution in [-0.2, 0) is 4.74 Å². The van der Waals surface area contributed by atoms with Crippen molar-refractivity contribution in [2.45, 2.75) is 19.6 Å². The molecule has 0 unspecified atom stereocenters. The fourth-order valence-electron chi connectivity index (χ4n) is 1.63. The molecule has 6 heteroatoms. The highest BCUT2D eigenvalue weighted by Gasteiger charge is 2.37. The molecule has 0 aromatic heterocycles. The molecule has 0 bridgehead atoms. The number of cyclic esters (lactones) is 1. The van der Waals surface area contributed by atoms with Crippen LogP contribution in [0.25, 0.3) is 0 Å². The van der Waals surface area contributed by atoms with Crippen molar-refractivity contribution in [3.63, 3.8) is 0 Å². The molecule has 0 atom stereocenters. The standard InChI is InChI=1S/C10H11BO5/c1-10(2)15-7-5-3-4-6(11(13)14)8(7)9(12)16-10/h3-5,13-14H,1-2H3. The van der Waals surface area contributed by atoms with Gasteiger partial charge in [0, 0.05) is 19.3 Å². The summed E-state index contributed by atoms with van der Waals surface area (Å²) in [7, 11) is -1.73. The highest BCUT2D eigenvalue weighted by atomic mass is 16.7. The van der Waals surface area contributed by atoms with E-state index in [1.807, 2.05) is 0 Å². The summed E-state index contributed by atoms with van der Waals surface area (Å²) in [6.45, 7) is 3.21. The van der Waals surface area contributed by atoms with Crippen molar-refractivity contribution in [1.29, 1.82) is 0 Å². The van der Waals surface area contributed by atoms with E-state index in [4.69, 9.17) is 19.5 Å². The maximum atomic E-state index is 11.7. The van der Waals surface area contributed by atoms with E-state index in [1.165, 1.54) is 6.07 Å². The lowest BCUT2D eigenvalue weighted by molar-refractivity contribution is -0.127. The number of esters is 1. The van der Waals surface area contributed by atoms with E-state index < -0.39 is 18.9 Å². The Morgan fingerprint density at radius 2 is 1.94 bits per heavy atom. The van der Waals surface area contributed by atoms with Gasteiger partial charge in [0.05, 0.1) is 0 Å². The summed E-state index contributed by atoms with van der Waals surface area (Å²) in [5.41, 5.74) is 0.148. The maximum absolute atomic E-state index is 11.7. The minimum absolute atomic E-state index is 0.0665. The van der Waals surface area contributed by atoms with E-state index in [0.717, 1.165) is 0 Å². The SMILES string of the molecule is CC1(C)OC(=O)c2c(cccc2B(O)O)O1. The molecule has 84 valence electrons. The molecule has 0 amide bonds. The lowest BCUT2D eigenvalue weighted by atomic mass is 9.76. The van der Waals surface area contributed by atoms with Gasteiger partial charge in [-0.25, -0.2) is 4.79 Å². The summed E-state index contributed by atoms with van der Waals surface area (Å²) < 4.78 is 10.4. The number of benzene rings is 1. The number of hydrogen-bond donors (Lipinski definition) is 2. The van der Waals surface area contributed by atoms with E-state index in [9.17, 15) is 4.79 Å². The first-order valence-corrected chi connectivity index (χ1v) is 4.82. The van der Waals surface area contributed by atoms with Gasteiger partial charge in [0.15, 0.2) is 0 Å². The Hall–Kier alpha value is -1.53. The molecular formula is C10H11BO5. The molecule has 1 aromatic carbocycles. The van der Waals surface area contributed by atoms with Crippen LogP contribution in [0, 0.1) is 0 Å². The molecule has 0 fully saturated rings. The quantitative estimate of drug-likeness (QED) is 0.501. The predicted octanol–water partition coefficient (Wildman–Crippen LogP) is -0.348. The predicted molar refractivity (Wildman–Crippen MR) is 56.4 cm³/mol. The Bertz CT molecular complexity index is 441. The summed E-state index contributed by atoms with van der Waals surface area (Å²) in [5, 5.41) is 18.2. The zero-order valence-corrected chi connectivity index (χ0v) is 8.93. The van der Waals surface area contributed by atoms with Crippen molar-refractivity contribution in [3.8, 4) is 5.75 Å². The van der Waals surface area contributed by atoms with Crippen molar-refractivity contribution in [3.05, 3.63) is 23.8 Å². The Balaban J connectivity index is 2.56. The molecule has 5 nitrogen and oxygen atoms in total. The van der Waals surface area contributed by atoms with Crippen molar-refractivity contribution in [1.82, 2.24) is 0 Å². The summed E-state index contributed by atoms with van der Waals surface area (Å²) in [6.07, 6.45) is 0. The third-order valence-electron chi connectivity index (χ3n) is 2.23. The van der Waals surface area contributed by atoms with Gasteiger partial charge in [0.2, 0.25) is 5.79 Å². The first kappa shape index (κ1) is 11.0. The number of hydrogen-bond acceptors (Lipinski definition) is 5. The highest BCUT2D eigenvalue weighted by Crippen LogP contribution is 2.29. The van der Waals surface area contributed by atoms with Crippen LogP contribution in [0.5, 0.6) is 5.75 Å². The van der Waals surface area contributed by atoms with Crippen LogP contribution in [0.4, 0.5) is 0 Å². The molecular weight excluding hydrogens is 211 g/mol. The van der Waals surface area contributed by atoms with Crippen molar-refractivity contribution in [2.75, 3.05) is 0 Å². The second-order valence-corrected chi connectivity index (χ2v) is 3.99. The van der Waals surface area contributed by atoms with Gasteiger partial charge < -0.3 is 19.5 Å². The normalized spacial score (nSPS) is 17.1. The second-order valence-electron chi connectivity index (χ2n) is 3.99. The summed E-state index contributed by atoms with van der Waals surface area (Å²) in [6, 6.07) is 4.61. The highest BCUT2D eigenvalue weighted by molar-refractivity contribution is 6.60. The zero-order chi connectivity index (χ0) is 11.9. The van der Waals surface area contributed by atoms with Gasteiger partial charge in [0.1, 0.15) is 11.3 Å². The Labute approximate surface area is 92.8 Å². The lowest BCUT2D eigenvalue weighted by Crippen LogP contribution is -2.44. The Morgan fingerprint density at radius 3 is 2.56 bits per heavy atom. The minimum Gasteiger partial charge on any atom is -0.452 e. The average Bonchev–Trinajstić information content (AvgIpc) is 2.14. The van der Waals surface area contributed by atoms with E-state index in [2.05, 4.69) is 0 Å². The van der Waals surface area contributed by atoms with Gasteiger partial charge in [-0.3, -0.25) is 0 Å². The topological polar surface area (TPSA) is 76.0 Å². The van der Waals surface area contributed by atoms with Crippen molar-refractivity contribution in [2.24, 2.45) is 0 Å². The van der Waals surface area contributed by atoms with Crippen LogP contribution < -0.4 is 10.2 Å². The van der Waals surface area contributed by atoms with E-state index in [-0.39, 0.29) is 11.0 Å². The lowest BCUT2D eigenvalue weighted by Gasteiger charge is -2.32. The molecule has 1 aliphatic rings. The molecule has 2 N–H and O–H groups in total. The molecule has 0 saturated heterocycles. The van der Waals surface area contributed by atoms with E-state index in [0.29, 0.717) is 5.75 Å². The van der Waals surface area contributed by atoms with Crippen LogP contribution >= 0.6 is 0 Å². The Kier molecular flexibility index (Phi) is 2.40. The number of ether oxygens (including phenoxy) is 2. The molecule has 0 aliphatic carbocycles. The third kappa shape index (κ3) is 1.77. The molecule has 1 aliphatic heterocycles. The fraction of sp³-hybridized carbons (Fsp3) is 0.300. The van der Waals surface area contributed by atoms with Gasteiger partial charge in [0.25, 0.3) is 0 Å². The number of fused-ring (bicyclic) bond motifs is 1. The molecule has 2 rings (SSSR count). The van der Waals surface area contributed by atoms with Crippen LogP contribution in [0.2, 0.25) is 0 Å². The summed E-state index contributed by atoms with van der Waals surface area (Å²) in [5.74, 6) is -1.36. The minimum atomic E-state index is -1.73. The summed E-state index contributed by atoms with van der Waals surface area (Å²) in [4.78, 5) is 11.7. The van der Waals surface area contributed by atoms with Gasteiger partial charge >= 0.3 is 13.1 Å². The molecule has 0 radical (unpaired) electrons. The number of carbonyl (C=O) groups is 1. The smallest absolute Gasteiger partial charge is 0.452 e. The molecule has 0 saturated carbocycles. The van der Waals surface area contributed by atoms with Gasteiger partial charge in [-0.05, 0) is 6.07 Å².